The third-order valence-corrected chi connectivity index (χ3v) is 3.64. The van der Waals surface area contributed by atoms with E-state index in [1.807, 2.05) is 0 Å². The van der Waals surface area contributed by atoms with Crippen molar-refractivity contribution < 1.29 is 14.6 Å². The molecule has 0 unspecified atom stereocenters. The van der Waals surface area contributed by atoms with Gasteiger partial charge in [-0.15, -0.1) is 5.10 Å². The molecule has 0 radical (unpaired) electrons. The van der Waals surface area contributed by atoms with E-state index in [-0.39, 0.29) is 4.91 Å². The van der Waals surface area contributed by atoms with Crippen molar-refractivity contribution in [3.05, 3.63) is 39.5 Å². The number of hydrogen-bond donors (Lipinski definition) is 2. The first-order chi connectivity index (χ1) is 9.99. The van der Waals surface area contributed by atoms with Crippen LogP contribution in [0.4, 0.5) is 0 Å². The topological polar surface area (TPSA) is 88.1 Å². The number of hydrogen-bond acceptors (Lipinski definition) is 5. The zero-order valence-corrected chi connectivity index (χ0v) is 12.8. The molecule has 0 saturated heterocycles. The van der Waals surface area contributed by atoms with Gasteiger partial charge in [0.05, 0.1) is 12.1 Å². The lowest BCUT2D eigenvalue weighted by atomic mass is 10.2. The first-order valence-electron chi connectivity index (χ1n) is 5.85. The van der Waals surface area contributed by atoms with Gasteiger partial charge in [-0.2, -0.15) is 0 Å². The van der Waals surface area contributed by atoms with Crippen LogP contribution in [-0.2, 0) is 4.79 Å². The first kappa shape index (κ1) is 15.4. The van der Waals surface area contributed by atoms with Gasteiger partial charge in [-0.1, -0.05) is 17.7 Å². The summed E-state index contributed by atoms with van der Waals surface area (Å²) in [6.45, 7) is 1.74. The third kappa shape index (κ3) is 3.99. The molecule has 1 heterocycles. The number of thioether (sulfide) groups is 1. The number of nitrogens with zero attached hydrogens (tertiary/aromatic N) is 2. The number of aromatic nitrogens is 3. The summed E-state index contributed by atoms with van der Waals surface area (Å²) in [5.74, 6) is 0.0899. The molecule has 1 aromatic heterocycles. The number of carboxylic acid groups (broad SMARTS) is 1. The number of halogens is 1. The molecule has 0 fully saturated rings. The van der Waals surface area contributed by atoms with Crippen LogP contribution < -0.4 is 4.74 Å². The molecule has 0 aliphatic carbocycles. The minimum Gasteiger partial charge on any atom is -0.495 e. The summed E-state index contributed by atoms with van der Waals surface area (Å²) in [4.78, 5) is 15.5. The summed E-state index contributed by atoms with van der Waals surface area (Å²) in [7, 11) is 1.51. The number of methoxy groups -OCH3 is 1. The van der Waals surface area contributed by atoms with Gasteiger partial charge in [-0.25, -0.2) is 9.78 Å². The van der Waals surface area contributed by atoms with Crippen molar-refractivity contribution in [2.45, 2.75) is 12.1 Å². The monoisotopic (exact) mass is 325 g/mol. The fourth-order valence-corrected chi connectivity index (χ4v) is 2.54. The lowest BCUT2D eigenvalue weighted by Crippen LogP contribution is -1.97. The molecule has 2 N–H and O–H groups in total. The Bertz CT molecular complexity index is 700. The highest BCUT2D eigenvalue weighted by molar-refractivity contribution is 8.04. The van der Waals surface area contributed by atoms with Gasteiger partial charge >= 0.3 is 5.97 Å². The van der Waals surface area contributed by atoms with Crippen molar-refractivity contribution in [1.82, 2.24) is 15.2 Å². The predicted molar refractivity (Wildman–Crippen MR) is 80.6 cm³/mol. The number of H-pyrrole nitrogens is 1. The Morgan fingerprint density at radius 3 is 2.81 bits per heavy atom. The Kier molecular flexibility index (Phi) is 4.87. The lowest BCUT2D eigenvalue weighted by Gasteiger charge is -2.04. The highest BCUT2D eigenvalue weighted by Gasteiger charge is 2.13. The molecule has 0 saturated carbocycles. The van der Waals surface area contributed by atoms with E-state index in [0.29, 0.717) is 27.3 Å². The van der Waals surface area contributed by atoms with Crippen molar-refractivity contribution in [1.29, 1.82) is 0 Å². The van der Waals surface area contributed by atoms with Gasteiger partial charge < -0.3 is 9.84 Å². The average Bonchev–Trinajstić information content (AvgIpc) is 2.83. The quantitative estimate of drug-likeness (QED) is 0.649. The molecular formula is C13H12ClN3O3S. The number of aryl methyl sites for hydroxylation is 1. The molecule has 1 aromatic carbocycles. The van der Waals surface area contributed by atoms with Crippen molar-refractivity contribution in [3.8, 4) is 5.75 Å². The number of aromatic amines is 1. The van der Waals surface area contributed by atoms with E-state index in [1.165, 1.54) is 13.2 Å². The Morgan fingerprint density at radius 1 is 1.52 bits per heavy atom. The largest absolute Gasteiger partial charge is 0.495 e. The van der Waals surface area contributed by atoms with Gasteiger partial charge in [0.2, 0.25) is 5.16 Å². The molecule has 0 aliphatic rings. The van der Waals surface area contributed by atoms with Crippen molar-refractivity contribution in [3.63, 3.8) is 0 Å². The van der Waals surface area contributed by atoms with Gasteiger partial charge in [-0.3, -0.25) is 5.10 Å². The molecular weight excluding hydrogens is 314 g/mol. The number of nitrogens with one attached hydrogen (secondary N) is 1. The maximum absolute atomic E-state index is 11.3. The average molecular weight is 326 g/mol. The lowest BCUT2D eigenvalue weighted by molar-refractivity contribution is -0.131. The first-order valence-corrected chi connectivity index (χ1v) is 7.04. The standard InChI is InChI=1S/C13H12ClN3O3S/c1-7-15-13(17-16-7)21-11(12(18)19)6-8-3-4-10(20-2)9(14)5-8/h3-6H,1-2H3,(H,18,19)(H,15,16,17)/b11-6+. The minimum atomic E-state index is -1.06. The van der Waals surface area contributed by atoms with Gasteiger partial charge in [0.1, 0.15) is 16.5 Å². The van der Waals surface area contributed by atoms with Crippen LogP contribution in [0, 0.1) is 6.92 Å². The Morgan fingerprint density at radius 2 is 2.29 bits per heavy atom. The third-order valence-electron chi connectivity index (χ3n) is 2.46. The molecule has 110 valence electrons. The second-order valence-electron chi connectivity index (χ2n) is 4.01. The van der Waals surface area contributed by atoms with E-state index in [9.17, 15) is 9.90 Å². The number of carboxylic acids is 1. The second kappa shape index (κ2) is 6.64. The van der Waals surface area contributed by atoms with Gasteiger partial charge in [0.15, 0.2) is 0 Å². The van der Waals surface area contributed by atoms with Crippen LogP contribution in [0.1, 0.15) is 11.4 Å². The van der Waals surface area contributed by atoms with Crippen LogP contribution in [-0.4, -0.2) is 33.4 Å². The zero-order valence-electron chi connectivity index (χ0n) is 11.3. The molecule has 2 rings (SSSR count). The van der Waals surface area contributed by atoms with E-state index < -0.39 is 5.97 Å². The molecule has 0 bridgehead atoms. The van der Waals surface area contributed by atoms with Crippen LogP contribution in [0.3, 0.4) is 0 Å². The Labute approximate surface area is 130 Å². The summed E-state index contributed by atoms with van der Waals surface area (Å²) in [5.41, 5.74) is 0.651. The van der Waals surface area contributed by atoms with Gasteiger partial charge in [-0.05, 0) is 42.5 Å². The van der Waals surface area contributed by atoms with E-state index in [1.54, 1.807) is 25.1 Å². The Balaban J connectivity index is 2.29. The molecule has 0 atom stereocenters. The van der Waals surface area contributed by atoms with Crippen LogP contribution >= 0.6 is 23.4 Å². The van der Waals surface area contributed by atoms with E-state index in [2.05, 4.69) is 15.2 Å². The molecule has 8 heteroatoms. The minimum absolute atomic E-state index is 0.0928. The fraction of sp³-hybridized carbons (Fsp3) is 0.154. The summed E-state index contributed by atoms with van der Waals surface area (Å²) < 4.78 is 5.05. The fourth-order valence-electron chi connectivity index (χ4n) is 1.52. The van der Waals surface area contributed by atoms with E-state index >= 15 is 0 Å². The predicted octanol–water partition coefficient (Wildman–Crippen LogP) is 2.99. The maximum Gasteiger partial charge on any atom is 0.342 e. The molecule has 0 aliphatic heterocycles. The number of benzene rings is 1. The van der Waals surface area contributed by atoms with E-state index in [0.717, 1.165) is 11.8 Å². The SMILES string of the molecule is COc1ccc(/C=C(/Sc2n[nH]c(C)n2)C(=O)O)cc1Cl. The molecule has 6 nitrogen and oxygen atoms in total. The Hall–Kier alpha value is -1.99. The molecule has 2 aromatic rings. The summed E-state index contributed by atoms with van der Waals surface area (Å²) in [5, 5.41) is 16.6. The smallest absolute Gasteiger partial charge is 0.342 e. The number of carbonyl (C=O) groups is 1. The van der Waals surface area contributed by atoms with Crippen LogP contribution in [0.2, 0.25) is 5.02 Å². The van der Waals surface area contributed by atoms with E-state index in [4.69, 9.17) is 16.3 Å². The number of rotatable bonds is 5. The molecule has 0 spiro atoms. The van der Waals surface area contributed by atoms with Crippen molar-refractivity contribution in [2.24, 2.45) is 0 Å². The zero-order chi connectivity index (χ0) is 15.4. The van der Waals surface area contributed by atoms with Crippen molar-refractivity contribution in [2.75, 3.05) is 7.11 Å². The summed E-state index contributed by atoms with van der Waals surface area (Å²) in [6.07, 6.45) is 1.50. The number of aliphatic carboxylic acids is 1. The molecule has 0 amide bonds. The highest BCUT2D eigenvalue weighted by atomic mass is 35.5. The summed E-state index contributed by atoms with van der Waals surface area (Å²) >= 11 is 6.98. The van der Waals surface area contributed by atoms with Gasteiger partial charge in [0.25, 0.3) is 0 Å². The summed E-state index contributed by atoms with van der Waals surface area (Å²) in [6, 6.07) is 5.03. The second-order valence-corrected chi connectivity index (χ2v) is 5.43. The number of ether oxygens (including phenoxy) is 1. The van der Waals surface area contributed by atoms with Crippen LogP contribution in [0.15, 0.2) is 28.3 Å². The maximum atomic E-state index is 11.3. The highest BCUT2D eigenvalue weighted by Crippen LogP contribution is 2.29. The van der Waals surface area contributed by atoms with Crippen LogP contribution in [0.25, 0.3) is 6.08 Å². The van der Waals surface area contributed by atoms with Gasteiger partial charge in [0, 0.05) is 0 Å². The normalized spacial score (nSPS) is 11.5. The van der Waals surface area contributed by atoms with Crippen molar-refractivity contribution >= 4 is 35.4 Å². The van der Waals surface area contributed by atoms with Crippen LogP contribution in [0.5, 0.6) is 5.75 Å². The molecule has 21 heavy (non-hydrogen) atoms.